The first-order chi connectivity index (χ1) is 10.8. The number of aliphatic hydroxyl groups is 1. The lowest BCUT2D eigenvalue weighted by Crippen LogP contribution is -2.56. The molecule has 1 N–H and O–H groups in total. The molecule has 1 aromatic heterocycles. The first-order valence-corrected chi connectivity index (χ1v) is 8.89. The number of rotatable bonds is 3. The Balaban J connectivity index is 1.86. The molecule has 4 nitrogen and oxygen atoms in total. The molecular formula is C19H28O4. The topological polar surface area (TPSA) is 55.1 Å². The Morgan fingerprint density at radius 2 is 2.13 bits per heavy atom. The molecule has 0 aromatic carbocycles. The van der Waals surface area contributed by atoms with Gasteiger partial charge in [-0.3, -0.25) is 0 Å². The van der Waals surface area contributed by atoms with Gasteiger partial charge in [0.15, 0.2) is 0 Å². The fourth-order valence-electron chi connectivity index (χ4n) is 5.09. The summed E-state index contributed by atoms with van der Waals surface area (Å²) in [7, 11) is 0. The second-order valence-electron chi connectivity index (χ2n) is 8.37. The van der Waals surface area contributed by atoms with E-state index in [0.717, 1.165) is 24.0 Å². The molecule has 4 heteroatoms. The summed E-state index contributed by atoms with van der Waals surface area (Å²) in [5, 5.41) is 11.1. The second kappa shape index (κ2) is 4.84. The molecule has 1 saturated carbocycles. The van der Waals surface area contributed by atoms with E-state index < -0.39 is 11.7 Å². The third-order valence-electron chi connectivity index (χ3n) is 6.60. The highest BCUT2D eigenvalue weighted by Crippen LogP contribution is 2.73. The van der Waals surface area contributed by atoms with Crippen molar-refractivity contribution in [3.63, 3.8) is 0 Å². The summed E-state index contributed by atoms with van der Waals surface area (Å²) >= 11 is 0. The Labute approximate surface area is 138 Å². The van der Waals surface area contributed by atoms with Gasteiger partial charge in [-0.25, -0.2) is 0 Å². The Morgan fingerprint density at radius 1 is 1.39 bits per heavy atom. The Morgan fingerprint density at radius 3 is 2.83 bits per heavy atom. The third kappa shape index (κ3) is 1.77. The van der Waals surface area contributed by atoms with Gasteiger partial charge in [0.1, 0.15) is 17.5 Å². The molecule has 2 fully saturated rings. The largest absolute Gasteiger partial charge is 0.466 e. The predicted molar refractivity (Wildman–Crippen MR) is 86.0 cm³/mol. The molecule has 1 aliphatic heterocycles. The zero-order valence-electron chi connectivity index (χ0n) is 14.8. The maximum Gasteiger partial charge on any atom is 0.144 e. The van der Waals surface area contributed by atoms with E-state index in [1.807, 2.05) is 6.92 Å². The molecule has 0 bridgehead atoms. The van der Waals surface area contributed by atoms with Crippen LogP contribution in [0, 0.1) is 24.2 Å². The van der Waals surface area contributed by atoms with Crippen molar-refractivity contribution in [1.82, 2.24) is 0 Å². The smallest absolute Gasteiger partial charge is 0.144 e. The van der Waals surface area contributed by atoms with E-state index >= 15 is 0 Å². The van der Waals surface area contributed by atoms with Gasteiger partial charge in [-0.1, -0.05) is 27.7 Å². The number of furan rings is 1. The number of fused-ring (bicyclic) bond motifs is 1. The van der Waals surface area contributed by atoms with Crippen LogP contribution in [-0.2, 0) is 9.47 Å². The van der Waals surface area contributed by atoms with Gasteiger partial charge in [0, 0.05) is 17.6 Å². The lowest BCUT2D eigenvalue weighted by atomic mass is 9.53. The first kappa shape index (κ1) is 15.7. The van der Waals surface area contributed by atoms with Crippen LogP contribution in [0.25, 0.3) is 0 Å². The normalized spacial score (nSPS) is 44.7. The number of aliphatic hydroxyl groups excluding tert-OH is 1. The number of ether oxygens (including phenoxy) is 2. The van der Waals surface area contributed by atoms with E-state index in [9.17, 15) is 5.11 Å². The van der Waals surface area contributed by atoms with Crippen LogP contribution in [0.3, 0.4) is 0 Å². The molecule has 2 aliphatic carbocycles. The monoisotopic (exact) mass is 320 g/mol. The average molecular weight is 320 g/mol. The minimum atomic E-state index is -0.692. The van der Waals surface area contributed by atoms with Gasteiger partial charge >= 0.3 is 0 Å². The van der Waals surface area contributed by atoms with Crippen molar-refractivity contribution in [2.24, 2.45) is 17.3 Å². The van der Waals surface area contributed by atoms with Gasteiger partial charge in [-0.2, -0.15) is 0 Å². The van der Waals surface area contributed by atoms with Crippen LogP contribution in [0.2, 0.25) is 0 Å². The minimum Gasteiger partial charge on any atom is -0.466 e. The highest BCUT2D eigenvalue weighted by Gasteiger charge is 2.79. The SMILES string of the molecule is Cc1coc2c1C(OCC(C)C)C1(C)C(C)CCC3OC31C2O. The van der Waals surface area contributed by atoms with E-state index in [0.29, 0.717) is 24.2 Å². The van der Waals surface area contributed by atoms with Crippen molar-refractivity contribution in [2.45, 2.75) is 71.4 Å². The van der Waals surface area contributed by atoms with Crippen molar-refractivity contribution in [1.29, 1.82) is 0 Å². The summed E-state index contributed by atoms with van der Waals surface area (Å²) in [4.78, 5) is 0. The lowest BCUT2D eigenvalue weighted by Gasteiger charge is -2.53. The van der Waals surface area contributed by atoms with Crippen molar-refractivity contribution in [3.05, 3.63) is 23.2 Å². The van der Waals surface area contributed by atoms with Gasteiger partial charge in [-0.15, -0.1) is 0 Å². The summed E-state index contributed by atoms with van der Waals surface area (Å²) < 4.78 is 18.4. The first-order valence-electron chi connectivity index (χ1n) is 8.89. The molecule has 1 spiro atoms. The molecule has 4 rings (SSSR count). The molecule has 128 valence electrons. The van der Waals surface area contributed by atoms with Crippen LogP contribution in [0.1, 0.15) is 69.6 Å². The fraction of sp³-hybridized carbons (Fsp3) is 0.789. The quantitative estimate of drug-likeness (QED) is 0.858. The van der Waals surface area contributed by atoms with Crippen LogP contribution in [0.4, 0.5) is 0 Å². The van der Waals surface area contributed by atoms with Crippen molar-refractivity contribution in [2.75, 3.05) is 6.61 Å². The molecule has 2 heterocycles. The zero-order valence-corrected chi connectivity index (χ0v) is 14.8. The van der Waals surface area contributed by atoms with E-state index in [4.69, 9.17) is 13.9 Å². The van der Waals surface area contributed by atoms with Crippen molar-refractivity contribution < 1.29 is 19.0 Å². The number of hydrogen-bond donors (Lipinski definition) is 1. The summed E-state index contributed by atoms with van der Waals surface area (Å²) in [6.07, 6.45) is 3.23. The molecule has 1 saturated heterocycles. The Hall–Kier alpha value is -0.840. The zero-order chi connectivity index (χ0) is 16.6. The molecule has 6 unspecified atom stereocenters. The number of aryl methyl sites for hydroxylation is 1. The molecule has 0 radical (unpaired) electrons. The molecular weight excluding hydrogens is 292 g/mol. The van der Waals surface area contributed by atoms with Crippen LogP contribution >= 0.6 is 0 Å². The maximum atomic E-state index is 11.1. The van der Waals surface area contributed by atoms with E-state index in [1.54, 1.807) is 6.26 Å². The summed E-state index contributed by atoms with van der Waals surface area (Å²) in [6.45, 7) is 11.6. The van der Waals surface area contributed by atoms with Crippen LogP contribution in [0.15, 0.2) is 10.7 Å². The van der Waals surface area contributed by atoms with Crippen molar-refractivity contribution >= 4 is 0 Å². The average Bonchev–Trinajstić information content (AvgIpc) is 3.14. The van der Waals surface area contributed by atoms with Gasteiger partial charge < -0.3 is 19.0 Å². The fourth-order valence-corrected chi connectivity index (χ4v) is 5.09. The van der Waals surface area contributed by atoms with Crippen LogP contribution in [0.5, 0.6) is 0 Å². The van der Waals surface area contributed by atoms with E-state index in [2.05, 4.69) is 27.7 Å². The highest BCUT2D eigenvalue weighted by atomic mass is 16.6. The summed E-state index contributed by atoms with van der Waals surface area (Å²) in [5.41, 5.74) is 1.35. The van der Waals surface area contributed by atoms with Gasteiger partial charge in [0.2, 0.25) is 0 Å². The van der Waals surface area contributed by atoms with E-state index in [1.165, 1.54) is 0 Å². The summed E-state index contributed by atoms with van der Waals surface area (Å²) in [5.74, 6) is 1.55. The van der Waals surface area contributed by atoms with Crippen LogP contribution < -0.4 is 0 Å². The minimum absolute atomic E-state index is 0.0812. The Bertz CT molecular complexity index is 621. The lowest BCUT2D eigenvalue weighted by molar-refractivity contribution is -0.161. The molecule has 23 heavy (non-hydrogen) atoms. The number of epoxide rings is 1. The molecule has 0 amide bonds. The second-order valence-corrected chi connectivity index (χ2v) is 8.37. The Kier molecular flexibility index (Phi) is 3.30. The third-order valence-corrected chi connectivity index (χ3v) is 6.60. The highest BCUT2D eigenvalue weighted by molar-refractivity contribution is 5.43. The van der Waals surface area contributed by atoms with Gasteiger partial charge in [0.25, 0.3) is 0 Å². The standard InChI is InChI=1S/C19H28O4/c1-10(2)8-22-17-14-11(3)9-21-15(14)16(20)19-13(23-19)7-6-12(4)18(17,19)5/h9-10,12-13,16-17,20H,6-8H2,1-5H3. The molecule has 3 aliphatic rings. The molecule has 1 aromatic rings. The summed E-state index contributed by atoms with van der Waals surface area (Å²) in [6, 6.07) is 0. The van der Waals surface area contributed by atoms with Crippen LogP contribution in [-0.4, -0.2) is 23.4 Å². The molecule has 6 atom stereocenters. The van der Waals surface area contributed by atoms with Gasteiger partial charge in [0.05, 0.1) is 18.5 Å². The van der Waals surface area contributed by atoms with Gasteiger partial charge in [-0.05, 0) is 37.2 Å². The van der Waals surface area contributed by atoms with Crippen molar-refractivity contribution in [3.8, 4) is 0 Å². The predicted octanol–water partition coefficient (Wildman–Crippen LogP) is 3.92. The van der Waals surface area contributed by atoms with E-state index in [-0.39, 0.29) is 17.6 Å². The maximum absolute atomic E-state index is 11.1. The number of hydrogen-bond acceptors (Lipinski definition) is 4.